The molecule has 0 aliphatic carbocycles. The minimum Gasteiger partial charge on any atom is -0.465 e. The first kappa shape index (κ1) is 24.4. The van der Waals surface area contributed by atoms with Crippen molar-refractivity contribution in [3.8, 4) is 17.3 Å². The molecule has 9 nitrogen and oxygen atoms in total. The van der Waals surface area contributed by atoms with Crippen LogP contribution in [0.25, 0.3) is 11.3 Å². The zero-order valence-electron chi connectivity index (χ0n) is 19.9. The van der Waals surface area contributed by atoms with Crippen LogP contribution in [0.3, 0.4) is 0 Å². The molecule has 2 aromatic heterocycles. The fraction of sp³-hybridized carbons (Fsp3) is 0.542. The highest BCUT2D eigenvalue weighted by Crippen LogP contribution is 2.26. The number of pyridine rings is 1. The lowest BCUT2D eigenvalue weighted by atomic mass is 9.94. The maximum Gasteiger partial charge on any atom is 0.408 e. The largest absolute Gasteiger partial charge is 0.465 e. The third-order valence-electron chi connectivity index (χ3n) is 5.71. The van der Waals surface area contributed by atoms with Crippen LogP contribution in [0.4, 0.5) is 4.79 Å². The number of ether oxygens (including phenoxy) is 1. The smallest absolute Gasteiger partial charge is 0.408 e. The summed E-state index contributed by atoms with van der Waals surface area (Å²) in [5.41, 5.74) is 0.919. The van der Waals surface area contributed by atoms with Gasteiger partial charge in [0.05, 0.1) is 5.69 Å². The monoisotopic (exact) mass is 455 g/mol. The molecule has 1 N–H and O–H groups in total. The molecule has 1 saturated heterocycles. The van der Waals surface area contributed by atoms with Crippen molar-refractivity contribution in [3.05, 3.63) is 36.8 Å². The summed E-state index contributed by atoms with van der Waals surface area (Å²) in [7, 11) is 0. The maximum atomic E-state index is 13.3. The summed E-state index contributed by atoms with van der Waals surface area (Å²) in [6, 6.07) is 5.21. The minimum atomic E-state index is -1.08. The summed E-state index contributed by atoms with van der Waals surface area (Å²) in [6.45, 7) is 10.2. The summed E-state index contributed by atoms with van der Waals surface area (Å²) >= 11 is 0. The first-order valence-corrected chi connectivity index (χ1v) is 11.3. The van der Waals surface area contributed by atoms with Crippen molar-refractivity contribution in [2.45, 2.75) is 65.1 Å². The van der Waals surface area contributed by atoms with E-state index in [1.54, 1.807) is 23.5 Å². The average Bonchev–Trinajstić information content (AvgIpc) is 2.77. The van der Waals surface area contributed by atoms with Gasteiger partial charge in [-0.3, -0.25) is 14.7 Å². The summed E-state index contributed by atoms with van der Waals surface area (Å²) in [4.78, 5) is 41.2. The van der Waals surface area contributed by atoms with E-state index in [0.29, 0.717) is 31.9 Å². The Bertz CT molecular complexity index is 936. The molecule has 1 aliphatic rings. The van der Waals surface area contributed by atoms with Gasteiger partial charge in [-0.05, 0) is 38.8 Å². The van der Waals surface area contributed by atoms with Crippen LogP contribution in [0.1, 0.15) is 47.5 Å². The summed E-state index contributed by atoms with van der Waals surface area (Å²) in [5.74, 6) is -0.301. The molecule has 9 heteroatoms. The van der Waals surface area contributed by atoms with E-state index in [4.69, 9.17) is 4.74 Å². The van der Waals surface area contributed by atoms with Crippen molar-refractivity contribution in [1.29, 1.82) is 0 Å². The van der Waals surface area contributed by atoms with Crippen molar-refractivity contribution >= 4 is 12.0 Å². The second-order valence-corrected chi connectivity index (χ2v) is 9.62. The van der Waals surface area contributed by atoms with E-state index < -0.39 is 17.7 Å². The molecule has 0 radical (unpaired) electrons. The van der Waals surface area contributed by atoms with Gasteiger partial charge in [0.15, 0.2) is 0 Å². The highest BCUT2D eigenvalue weighted by molar-refractivity contribution is 5.86. The summed E-state index contributed by atoms with van der Waals surface area (Å²) < 4.78 is 5.94. The van der Waals surface area contributed by atoms with Gasteiger partial charge in [-0.1, -0.05) is 19.9 Å². The van der Waals surface area contributed by atoms with Gasteiger partial charge < -0.3 is 14.7 Å². The van der Waals surface area contributed by atoms with Crippen molar-refractivity contribution in [3.63, 3.8) is 0 Å². The molecule has 3 heterocycles. The van der Waals surface area contributed by atoms with E-state index in [2.05, 4.69) is 15.0 Å². The van der Waals surface area contributed by atoms with Crippen LogP contribution in [0.2, 0.25) is 0 Å². The van der Waals surface area contributed by atoms with Gasteiger partial charge in [0, 0.05) is 55.6 Å². The van der Waals surface area contributed by atoms with Gasteiger partial charge in [-0.25, -0.2) is 14.8 Å². The van der Waals surface area contributed by atoms with E-state index >= 15 is 0 Å². The molecule has 2 aromatic rings. The summed E-state index contributed by atoms with van der Waals surface area (Å²) in [5, 5.41) is 9.79. The molecule has 33 heavy (non-hydrogen) atoms. The first-order valence-electron chi connectivity index (χ1n) is 11.3. The second kappa shape index (κ2) is 10.1. The van der Waals surface area contributed by atoms with E-state index in [1.165, 1.54) is 4.90 Å². The molecule has 3 rings (SSSR count). The Morgan fingerprint density at radius 3 is 2.24 bits per heavy atom. The highest BCUT2D eigenvalue weighted by Gasteiger charge is 2.41. The third-order valence-corrected chi connectivity index (χ3v) is 5.71. The van der Waals surface area contributed by atoms with Crippen molar-refractivity contribution in [1.82, 2.24) is 24.8 Å². The third kappa shape index (κ3) is 5.97. The molecule has 0 spiro atoms. The molecule has 1 atom stereocenters. The SMILES string of the molecule is CC(C)[C@@H](C(=O)N1CCC(Oc2ncc(-c3ccccn3)cn2)CC1)N(C(=O)O)C(C)(C)C. The molecular weight excluding hydrogens is 422 g/mol. The van der Waals surface area contributed by atoms with Crippen molar-refractivity contribution in [2.75, 3.05) is 13.1 Å². The lowest BCUT2D eigenvalue weighted by molar-refractivity contribution is -0.142. The van der Waals surface area contributed by atoms with Crippen LogP contribution >= 0.6 is 0 Å². The number of carbonyl (C=O) groups excluding carboxylic acids is 1. The number of carbonyl (C=O) groups is 2. The van der Waals surface area contributed by atoms with Gasteiger partial charge in [0.1, 0.15) is 12.1 Å². The Kier molecular flexibility index (Phi) is 7.50. The molecule has 178 valence electrons. The van der Waals surface area contributed by atoms with E-state index in [-0.39, 0.29) is 17.9 Å². The number of amides is 2. The minimum absolute atomic E-state index is 0.106. The molecule has 0 saturated carbocycles. The summed E-state index contributed by atoms with van der Waals surface area (Å²) in [6.07, 6.45) is 5.15. The molecular formula is C24H33N5O4. The molecule has 2 amide bonds. The fourth-order valence-electron chi connectivity index (χ4n) is 4.09. The van der Waals surface area contributed by atoms with E-state index in [1.807, 2.05) is 52.8 Å². The number of aromatic nitrogens is 3. The normalized spacial score (nSPS) is 15.9. The molecule has 0 unspecified atom stereocenters. The van der Waals surface area contributed by atoms with Gasteiger partial charge in [0.2, 0.25) is 5.91 Å². The number of hydrogen-bond donors (Lipinski definition) is 1. The van der Waals surface area contributed by atoms with Crippen LogP contribution in [0.15, 0.2) is 36.8 Å². The standard InChI is InChI=1S/C24H33N5O4/c1-16(2)20(29(23(31)32)24(3,4)5)21(30)28-12-9-18(10-13-28)33-22-26-14-17(15-27-22)19-8-6-7-11-25-19/h6-8,11,14-16,18,20H,9-10,12-13H2,1-5H3,(H,31,32)/t20-/m0/s1. The van der Waals surface area contributed by atoms with Crippen LogP contribution in [-0.4, -0.2) is 72.6 Å². The van der Waals surface area contributed by atoms with Gasteiger partial charge in [-0.2, -0.15) is 0 Å². The predicted molar refractivity (Wildman–Crippen MR) is 124 cm³/mol. The van der Waals surface area contributed by atoms with Crippen molar-refractivity contribution in [2.24, 2.45) is 5.92 Å². The molecule has 0 aromatic carbocycles. The van der Waals surface area contributed by atoms with Gasteiger partial charge in [-0.15, -0.1) is 0 Å². The fourth-order valence-corrected chi connectivity index (χ4v) is 4.09. The Morgan fingerprint density at radius 1 is 1.12 bits per heavy atom. The Morgan fingerprint density at radius 2 is 1.76 bits per heavy atom. The zero-order valence-corrected chi connectivity index (χ0v) is 19.9. The molecule has 1 aliphatic heterocycles. The van der Waals surface area contributed by atoms with Crippen LogP contribution in [0.5, 0.6) is 6.01 Å². The number of nitrogens with zero attached hydrogens (tertiary/aromatic N) is 5. The number of hydrogen-bond acceptors (Lipinski definition) is 6. The number of piperidine rings is 1. The van der Waals surface area contributed by atoms with Crippen LogP contribution in [0, 0.1) is 5.92 Å². The first-order chi connectivity index (χ1) is 15.6. The Balaban J connectivity index is 1.60. The Hall–Kier alpha value is -3.23. The quantitative estimate of drug-likeness (QED) is 0.707. The van der Waals surface area contributed by atoms with E-state index in [9.17, 15) is 14.7 Å². The van der Waals surface area contributed by atoms with Gasteiger partial charge in [0.25, 0.3) is 0 Å². The Labute approximate surface area is 194 Å². The molecule has 0 bridgehead atoms. The topological polar surface area (TPSA) is 109 Å². The van der Waals surface area contributed by atoms with Crippen molar-refractivity contribution < 1.29 is 19.4 Å². The molecule has 1 fully saturated rings. The maximum absolute atomic E-state index is 13.3. The zero-order chi connectivity index (χ0) is 24.2. The van der Waals surface area contributed by atoms with E-state index in [0.717, 1.165) is 11.3 Å². The number of rotatable bonds is 6. The number of likely N-dealkylation sites (tertiary alicyclic amines) is 1. The highest BCUT2D eigenvalue weighted by atomic mass is 16.5. The van der Waals surface area contributed by atoms with Crippen LogP contribution in [-0.2, 0) is 4.79 Å². The average molecular weight is 456 g/mol. The lowest BCUT2D eigenvalue weighted by Gasteiger charge is -2.43. The predicted octanol–water partition coefficient (Wildman–Crippen LogP) is 3.71. The second-order valence-electron chi connectivity index (χ2n) is 9.62. The number of carboxylic acid groups (broad SMARTS) is 1. The van der Waals surface area contributed by atoms with Gasteiger partial charge >= 0.3 is 12.1 Å². The lowest BCUT2D eigenvalue weighted by Crippen LogP contribution is -2.60. The van der Waals surface area contributed by atoms with Crippen LogP contribution < -0.4 is 4.74 Å².